The second-order valence-corrected chi connectivity index (χ2v) is 7.94. The molecule has 0 aliphatic carbocycles. The summed E-state index contributed by atoms with van der Waals surface area (Å²) in [4.78, 5) is 31.9. The third-order valence-corrected chi connectivity index (χ3v) is 5.81. The van der Waals surface area contributed by atoms with Crippen LogP contribution in [0.15, 0.2) is 36.4 Å². The number of nitrogens with zero attached hydrogens (tertiary/aromatic N) is 2. The average Bonchev–Trinajstić information content (AvgIpc) is 2.73. The molecule has 0 bridgehead atoms. The van der Waals surface area contributed by atoms with Gasteiger partial charge in [-0.05, 0) is 41.3 Å². The maximum atomic E-state index is 12.8. The van der Waals surface area contributed by atoms with Gasteiger partial charge in [-0.25, -0.2) is 0 Å². The van der Waals surface area contributed by atoms with Crippen LogP contribution in [0.4, 0.5) is 0 Å². The van der Waals surface area contributed by atoms with Gasteiger partial charge in [0.2, 0.25) is 5.91 Å². The van der Waals surface area contributed by atoms with Gasteiger partial charge in [0.15, 0.2) is 0 Å². The van der Waals surface area contributed by atoms with Crippen LogP contribution in [-0.2, 0) is 29.3 Å². The fourth-order valence-corrected chi connectivity index (χ4v) is 3.75. The number of carbonyl (C=O) groups is 2. The van der Waals surface area contributed by atoms with Crippen molar-refractivity contribution in [2.24, 2.45) is 5.73 Å². The number of aliphatic hydroxyl groups is 1. The van der Waals surface area contributed by atoms with E-state index in [0.29, 0.717) is 28.7 Å². The molecular formula is C21H23Cl2N3O4. The maximum Gasteiger partial charge on any atom is 0.253 e. The number of nitrogens with two attached hydrogens (primary N) is 1. The number of hydrogen-bond acceptors (Lipinski definition) is 5. The van der Waals surface area contributed by atoms with Crippen LogP contribution in [0.5, 0.6) is 0 Å². The highest BCUT2D eigenvalue weighted by molar-refractivity contribution is 6.42. The number of halogens is 2. The van der Waals surface area contributed by atoms with Gasteiger partial charge in [0.1, 0.15) is 6.04 Å². The number of amides is 2. The minimum Gasteiger partial charge on any atom is -0.396 e. The van der Waals surface area contributed by atoms with Gasteiger partial charge in [-0.1, -0.05) is 41.4 Å². The SMILES string of the molecule is CN(Cc1cccc2c1CN(C(CCO)C(N)=O)OC2)C(=O)c1ccc(Cl)c(Cl)c1. The number of benzene rings is 2. The standard InChI is InChI=1S/C21H23Cl2N3O4/c1-25(21(29)13-5-6-17(22)18(23)9-13)10-14-3-2-4-15-12-30-26(11-16(14)15)19(7-8-27)20(24)28/h2-6,9,19,27H,7-8,10-12H2,1H3,(H2,24,28). The van der Waals surface area contributed by atoms with Crippen LogP contribution < -0.4 is 5.73 Å². The Morgan fingerprint density at radius 2 is 2.03 bits per heavy atom. The van der Waals surface area contributed by atoms with Crippen LogP contribution in [-0.4, -0.2) is 46.6 Å². The molecule has 1 atom stereocenters. The predicted molar refractivity (Wildman–Crippen MR) is 114 cm³/mol. The first-order valence-electron chi connectivity index (χ1n) is 9.41. The van der Waals surface area contributed by atoms with E-state index in [2.05, 4.69) is 0 Å². The number of hydrogen-bond donors (Lipinski definition) is 2. The Morgan fingerprint density at radius 3 is 2.70 bits per heavy atom. The summed E-state index contributed by atoms with van der Waals surface area (Å²) in [6, 6.07) is 9.83. The molecule has 1 unspecified atom stereocenters. The molecule has 2 aromatic rings. The Morgan fingerprint density at radius 1 is 1.27 bits per heavy atom. The van der Waals surface area contributed by atoms with E-state index >= 15 is 0 Å². The minimum atomic E-state index is -0.730. The van der Waals surface area contributed by atoms with Crippen molar-refractivity contribution >= 4 is 35.0 Å². The fourth-order valence-electron chi connectivity index (χ4n) is 3.46. The first kappa shape index (κ1) is 22.5. The smallest absolute Gasteiger partial charge is 0.253 e. The third kappa shape index (κ3) is 4.94. The van der Waals surface area contributed by atoms with Crippen molar-refractivity contribution in [2.45, 2.75) is 32.2 Å². The predicted octanol–water partition coefficient (Wildman–Crippen LogP) is 2.75. The van der Waals surface area contributed by atoms with Gasteiger partial charge >= 0.3 is 0 Å². The second-order valence-electron chi connectivity index (χ2n) is 7.12. The molecule has 0 saturated heterocycles. The van der Waals surface area contributed by atoms with E-state index in [4.69, 9.17) is 33.8 Å². The quantitative estimate of drug-likeness (QED) is 0.674. The normalized spacial score (nSPS) is 14.8. The largest absolute Gasteiger partial charge is 0.396 e. The highest BCUT2D eigenvalue weighted by atomic mass is 35.5. The lowest BCUT2D eigenvalue weighted by molar-refractivity contribution is -0.214. The Labute approximate surface area is 184 Å². The Hall–Kier alpha value is -2.16. The lowest BCUT2D eigenvalue weighted by atomic mass is 9.98. The number of fused-ring (bicyclic) bond motifs is 1. The molecule has 1 heterocycles. The van der Waals surface area contributed by atoms with Crippen molar-refractivity contribution in [3.63, 3.8) is 0 Å². The lowest BCUT2D eigenvalue weighted by Gasteiger charge is -2.34. The van der Waals surface area contributed by atoms with Crippen LogP contribution in [0.2, 0.25) is 10.0 Å². The highest BCUT2D eigenvalue weighted by Gasteiger charge is 2.29. The van der Waals surface area contributed by atoms with E-state index in [1.54, 1.807) is 30.1 Å². The topological polar surface area (TPSA) is 96.1 Å². The van der Waals surface area contributed by atoms with Crippen LogP contribution in [0, 0.1) is 0 Å². The van der Waals surface area contributed by atoms with Crippen LogP contribution in [0.25, 0.3) is 0 Å². The summed E-state index contributed by atoms with van der Waals surface area (Å²) in [5.41, 5.74) is 8.80. The monoisotopic (exact) mass is 451 g/mol. The first-order valence-corrected chi connectivity index (χ1v) is 10.2. The summed E-state index contributed by atoms with van der Waals surface area (Å²) in [7, 11) is 1.71. The zero-order valence-electron chi connectivity index (χ0n) is 16.5. The van der Waals surface area contributed by atoms with E-state index in [0.717, 1.165) is 16.7 Å². The molecule has 0 saturated carbocycles. The highest BCUT2D eigenvalue weighted by Crippen LogP contribution is 2.27. The van der Waals surface area contributed by atoms with Gasteiger partial charge in [0.05, 0.1) is 23.2 Å². The summed E-state index contributed by atoms with van der Waals surface area (Å²) in [5, 5.41) is 11.5. The molecule has 3 N–H and O–H groups in total. The lowest BCUT2D eigenvalue weighted by Crippen LogP contribution is -2.46. The molecule has 7 nitrogen and oxygen atoms in total. The zero-order valence-corrected chi connectivity index (χ0v) is 18.0. The van der Waals surface area contributed by atoms with Crippen molar-refractivity contribution in [3.8, 4) is 0 Å². The van der Waals surface area contributed by atoms with Crippen molar-refractivity contribution in [2.75, 3.05) is 13.7 Å². The molecular weight excluding hydrogens is 429 g/mol. The summed E-state index contributed by atoms with van der Waals surface area (Å²) in [6.07, 6.45) is 0.183. The molecule has 0 aromatic heterocycles. The van der Waals surface area contributed by atoms with E-state index in [1.807, 2.05) is 18.2 Å². The Balaban J connectivity index is 1.80. The van der Waals surface area contributed by atoms with Crippen LogP contribution >= 0.6 is 23.2 Å². The number of hydroxylamine groups is 2. The van der Waals surface area contributed by atoms with Gasteiger partial charge < -0.3 is 15.7 Å². The van der Waals surface area contributed by atoms with E-state index in [9.17, 15) is 14.7 Å². The summed E-state index contributed by atoms with van der Waals surface area (Å²) < 4.78 is 0. The van der Waals surface area contributed by atoms with E-state index < -0.39 is 11.9 Å². The number of rotatable bonds is 7. The zero-order chi connectivity index (χ0) is 21.8. The summed E-state index contributed by atoms with van der Waals surface area (Å²) in [6.45, 7) is 0.789. The molecule has 0 fully saturated rings. The Kier molecular flexibility index (Phi) is 7.33. The molecule has 2 aromatic carbocycles. The molecule has 1 aliphatic heterocycles. The third-order valence-electron chi connectivity index (χ3n) is 5.07. The number of primary amides is 1. The van der Waals surface area contributed by atoms with Crippen LogP contribution in [0.3, 0.4) is 0 Å². The molecule has 1 aliphatic rings. The average molecular weight is 452 g/mol. The van der Waals surface area contributed by atoms with Gasteiger partial charge in [-0.2, -0.15) is 5.06 Å². The summed E-state index contributed by atoms with van der Waals surface area (Å²) >= 11 is 12.0. The molecule has 30 heavy (non-hydrogen) atoms. The number of carbonyl (C=O) groups excluding carboxylic acids is 2. The van der Waals surface area contributed by atoms with E-state index in [1.165, 1.54) is 5.06 Å². The minimum absolute atomic E-state index is 0.178. The van der Waals surface area contributed by atoms with Crippen molar-refractivity contribution < 1.29 is 19.5 Å². The molecule has 0 spiro atoms. The van der Waals surface area contributed by atoms with Crippen molar-refractivity contribution in [3.05, 3.63) is 68.7 Å². The van der Waals surface area contributed by atoms with Crippen molar-refractivity contribution in [1.82, 2.24) is 9.96 Å². The second kappa shape index (κ2) is 9.76. The molecule has 2 amide bonds. The van der Waals surface area contributed by atoms with Gasteiger partial charge in [-0.15, -0.1) is 0 Å². The van der Waals surface area contributed by atoms with Crippen molar-refractivity contribution in [1.29, 1.82) is 0 Å². The van der Waals surface area contributed by atoms with Crippen LogP contribution in [0.1, 0.15) is 33.5 Å². The Bertz CT molecular complexity index is 954. The molecule has 3 rings (SSSR count). The fraction of sp³-hybridized carbons (Fsp3) is 0.333. The van der Waals surface area contributed by atoms with Gasteiger partial charge in [0.25, 0.3) is 5.91 Å². The molecule has 160 valence electrons. The molecule has 9 heteroatoms. The van der Waals surface area contributed by atoms with Gasteiger partial charge in [0, 0.05) is 25.8 Å². The first-order chi connectivity index (χ1) is 14.3. The maximum absolute atomic E-state index is 12.8. The molecule has 0 radical (unpaired) electrons. The van der Waals surface area contributed by atoms with E-state index in [-0.39, 0.29) is 25.5 Å². The summed E-state index contributed by atoms with van der Waals surface area (Å²) in [5.74, 6) is -0.748. The van der Waals surface area contributed by atoms with Gasteiger partial charge in [-0.3, -0.25) is 14.4 Å². The number of aliphatic hydroxyl groups excluding tert-OH is 1.